The molecule has 1 N–H and O–H groups in total. The minimum absolute atomic E-state index is 0.332. The molecule has 0 aliphatic carbocycles. The second-order valence-corrected chi connectivity index (χ2v) is 6.23. The van der Waals surface area contributed by atoms with Crippen molar-refractivity contribution in [3.05, 3.63) is 35.1 Å². The lowest BCUT2D eigenvalue weighted by Crippen LogP contribution is -2.40. The van der Waals surface area contributed by atoms with E-state index in [0.29, 0.717) is 11.6 Å². The molecule has 1 atom stereocenters. The van der Waals surface area contributed by atoms with E-state index in [1.165, 1.54) is 44.4 Å². The Hall–Kier alpha value is -1.44. The summed E-state index contributed by atoms with van der Waals surface area (Å²) in [5.74, 6) is 0.466. The Morgan fingerprint density at radius 1 is 1.29 bits per heavy atom. The summed E-state index contributed by atoms with van der Waals surface area (Å²) in [5.41, 5.74) is 1.41. The molecule has 1 unspecified atom stereocenters. The second-order valence-electron chi connectivity index (χ2n) is 6.23. The van der Waals surface area contributed by atoms with Crippen LogP contribution in [0.4, 0.5) is 4.39 Å². The molecule has 2 fully saturated rings. The van der Waals surface area contributed by atoms with Gasteiger partial charge in [0.1, 0.15) is 5.82 Å². The number of nitrogens with one attached hydrogen (secondary N) is 1. The number of rotatable bonds is 3. The van der Waals surface area contributed by atoms with Crippen LogP contribution < -0.4 is 5.32 Å². The van der Waals surface area contributed by atoms with Gasteiger partial charge in [0.15, 0.2) is 0 Å². The highest BCUT2D eigenvalue weighted by Gasteiger charge is 2.28. The molecule has 0 spiro atoms. The first kappa shape index (κ1) is 14.5. The number of nitrogens with zero attached hydrogens (tertiary/aromatic N) is 2. The molecule has 1 aromatic carbocycles. The fourth-order valence-corrected chi connectivity index (χ4v) is 3.66. The van der Waals surface area contributed by atoms with Gasteiger partial charge in [-0.15, -0.1) is 0 Å². The monoisotopic (exact) mass is 287 g/mol. The summed E-state index contributed by atoms with van der Waals surface area (Å²) >= 11 is 0. The van der Waals surface area contributed by atoms with E-state index in [1.807, 2.05) is 0 Å². The number of nitriles is 1. The minimum Gasteiger partial charge on any atom is -0.314 e. The van der Waals surface area contributed by atoms with Crippen LogP contribution in [-0.4, -0.2) is 30.6 Å². The highest BCUT2D eigenvalue weighted by molar-refractivity contribution is 5.37. The van der Waals surface area contributed by atoms with E-state index in [-0.39, 0.29) is 5.82 Å². The fraction of sp³-hybridized carbons (Fsp3) is 0.588. The number of benzene rings is 1. The van der Waals surface area contributed by atoms with Crippen LogP contribution in [0.15, 0.2) is 18.2 Å². The second kappa shape index (κ2) is 6.55. The fourth-order valence-electron chi connectivity index (χ4n) is 3.66. The summed E-state index contributed by atoms with van der Waals surface area (Å²) < 4.78 is 13.2. The summed E-state index contributed by atoms with van der Waals surface area (Å²) in [6.45, 7) is 4.08. The maximum atomic E-state index is 13.2. The van der Waals surface area contributed by atoms with Crippen molar-refractivity contribution in [2.45, 2.75) is 38.3 Å². The Morgan fingerprint density at radius 2 is 2.10 bits per heavy atom. The zero-order valence-corrected chi connectivity index (χ0v) is 12.3. The van der Waals surface area contributed by atoms with Crippen LogP contribution in [0.25, 0.3) is 0 Å². The molecule has 3 rings (SSSR count). The van der Waals surface area contributed by atoms with E-state index < -0.39 is 0 Å². The Balaban J connectivity index is 1.57. The first-order valence-electron chi connectivity index (χ1n) is 7.90. The van der Waals surface area contributed by atoms with Crippen molar-refractivity contribution in [3.63, 3.8) is 0 Å². The maximum Gasteiger partial charge on any atom is 0.124 e. The first-order chi connectivity index (χ1) is 10.3. The summed E-state index contributed by atoms with van der Waals surface area (Å²) in [6, 6.07) is 7.35. The molecule has 0 saturated carbocycles. The molecular weight excluding hydrogens is 265 g/mol. The van der Waals surface area contributed by atoms with Crippen LogP contribution in [0.5, 0.6) is 0 Å². The van der Waals surface area contributed by atoms with Crippen LogP contribution in [0.3, 0.4) is 0 Å². The largest absolute Gasteiger partial charge is 0.314 e. The molecular formula is C17H22FN3. The van der Waals surface area contributed by atoms with Crippen LogP contribution in [-0.2, 0) is 6.54 Å². The van der Waals surface area contributed by atoms with Gasteiger partial charge in [-0.05, 0) is 68.9 Å². The number of hydrogen-bond acceptors (Lipinski definition) is 3. The number of likely N-dealkylation sites (tertiary alicyclic amines) is 1. The van der Waals surface area contributed by atoms with Gasteiger partial charge in [-0.1, -0.05) is 6.07 Å². The molecule has 2 aliphatic heterocycles. The molecule has 2 saturated heterocycles. The van der Waals surface area contributed by atoms with E-state index in [0.717, 1.165) is 31.1 Å². The zero-order valence-electron chi connectivity index (χ0n) is 12.3. The molecule has 4 heteroatoms. The molecule has 0 bridgehead atoms. The quantitative estimate of drug-likeness (QED) is 0.929. The average Bonchev–Trinajstić information content (AvgIpc) is 3.04. The van der Waals surface area contributed by atoms with Crippen LogP contribution >= 0.6 is 0 Å². The lowest BCUT2D eigenvalue weighted by atomic mass is 9.88. The van der Waals surface area contributed by atoms with Gasteiger partial charge >= 0.3 is 0 Å². The van der Waals surface area contributed by atoms with Crippen molar-refractivity contribution in [3.8, 4) is 6.07 Å². The van der Waals surface area contributed by atoms with Crippen molar-refractivity contribution in [2.24, 2.45) is 5.92 Å². The van der Waals surface area contributed by atoms with Gasteiger partial charge in [-0.3, -0.25) is 4.90 Å². The standard InChI is InChI=1S/C17H22FN3/c18-16-4-3-14(15(10-16)11-19)12-21-8-5-13(6-9-21)17-2-1-7-20-17/h3-4,10,13,17,20H,1-2,5-9,12H2. The van der Waals surface area contributed by atoms with E-state index in [9.17, 15) is 4.39 Å². The summed E-state index contributed by atoms with van der Waals surface area (Å²) in [5, 5.41) is 12.7. The SMILES string of the molecule is N#Cc1cc(F)ccc1CN1CCC(C2CCCN2)CC1. The van der Waals surface area contributed by atoms with E-state index in [1.54, 1.807) is 6.07 Å². The summed E-state index contributed by atoms with van der Waals surface area (Å²) in [7, 11) is 0. The lowest BCUT2D eigenvalue weighted by Gasteiger charge is -2.35. The predicted octanol–water partition coefficient (Wildman–Crippen LogP) is 2.66. The topological polar surface area (TPSA) is 39.1 Å². The Morgan fingerprint density at radius 3 is 2.76 bits per heavy atom. The van der Waals surface area contributed by atoms with Gasteiger partial charge in [0.25, 0.3) is 0 Å². The van der Waals surface area contributed by atoms with Gasteiger partial charge < -0.3 is 5.32 Å². The highest BCUT2D eigenvalue weighted by atomic mass is 19.1. The minimum atomic E-state index is -0.332. The Bertz CT molecular complexity index is 523. The van der Waals surface area contributed by atoms with E-state index in [2.05, 4.69) is 16.3 Å². The smallest absolute Gasteiger partial charge is 0.124 e. The highest BCUT2D eigenvalue weighted by Crippen LogP contribution is 2.26. The predicted molar refractivity (Wildman–Crippen MR) is 80.1 cm³/mol. The number of piperidine rings is 1. The van der Waals surface area contributed by atoms with Crippen molar-refractivity contribution >= 4 is 0 Å². The van der Waals surface area contributed by atoms with Crippen molar-refractivity contribution in [1.29, 1.82) is 5.26 Å². The van der Waals surface area contributed by atoms with E-state index in [4.69, 9.17) is 5.26 Å². The van der Waals surface area contributed by atoms with Gasteiger partial charge in [0.2, 0.25) is 0 Å². The molecule has 21 heavy (non-hydrogen) atoms. The molecule has 112 valence electrons. The third-order valence-corrected chi connectivity index (χ3v) is 4.89. The molecule has 2 aliphatic rings. The third-order valence-electron chi connectivity index (χ3n) is 4.89. The molecule has 2 heterocycles. The molecule has 3 nitrogen and oxygen atoms in total. The van der Waals surface area contributed by atoms with Gasteiger partial charge in [-0.25, -0.2) is 4.39 Å². The normalized spacial score (nSPS) is 24.1. The summed E-state index contributed by atoms with van der Waals surface area (Å²) in [6.07, 6.45) is 5.08. The molecule has 0 radical (unpaired) electrons. The third kappa shape index (κ3) is 3.42. The number of hydrogen-bond donors (Lipinski definition) is 1. The zero-order chi connectivity index (χ0) is 14.7. The molecule has 0 aromatic heterocycles. The van der Waals surface area contributed by atoms with Gasteiger partial charge in [0.05, 0.1) is 11.6 Å². The van der Waals surface area contributed by atoms with E-state index >= 15 is 0 Å². The Kier molecular flexibility index (Phi) is 4.52. The van der Waals surface area contributed by atoms with Crippen LogP contribution in [0.1, 0.15) is 36.8 Å². The van der Waals surface area contributed by atoms with Crippen molar-refractivity contribution in [1.82, 2.24) is 10.2 Å². The average molecular weight is 287 g/mol. The summed E-state index contributed by atoms with van der Waals surface area (Å²) in [4.78, 5) is 2.39. The molecule has 0 amide bonds. The van der Waals surface area contributed by atoms with Crippen LogP contribution in [0, 0.1) is 23.1 Å². The lowest BCUT2D eigenvalue weighted by molar-refractivity contribution is 0.157. The van der Waals surface area contributed by atoms with Crippen molar-refractivity contribution in [2.75, 3.05) is 19.6 Å². The number of halogens is 1. The van der Waals surface area contributed by atoms with Gasteiger partial charge in [-0.2, -0.15) is 5.26 Å². The molecule has 1 aromatic rings. The Labute approximate surface area is 125 Å². The van der Waals surface area contributed by atoms with Crippen molar-refractivity contribution < 1.29 is 4.39 Å². The maximum absolute atomic E-state index is 13.2. The first-order valence-corrected chi connectivity index (χ1v) is 7.90. The van der Waals surface area contributed by atoms with Gasteiger partial charge in [0, 0.05) is 12.6 Å². The van der Waals surface area contributed by atoms with Crippen LogP contribution in [0.2, 0.25) is 0 Å².